The summed E-state index contributed by atoms with van der Waals surface area (Å²) in [6.07, 6.45) is 7.85. The van der Waals surface area contributed by atoms with E-state index in [1.807, 2.05) is 7.05 Å². The maximum absolute atomic E-state index is 5.68. The smallest absolute Gasteiger partial charge is 0.193 e. The molecule has 1 aliphatic rings. The zero-order valence-electron chi connectivity index (χ0n) is 13.4. The first-order valence-corrected chi connectivity index (χ1v) is 7.89. The number of piperidine rings is 1. The highest BCUT2D eigenvalue weighted by molar-refractivity contribution is 14.0. The second kappa shape index (κ2) is 12.7. The monoisotopic (exact) mass is 397 g/mol. The van der Waals surface area contributed by atoms with E-state index >= 15 is 0 Å². The zero-order chi connectivity index (χ0) is 13.9. The molecule has 0 bridgehead atoms. The van der Waals surface area contributed by atoms with Crippen LogP contribution in [0.1, 0.15) is 52.4 Å². The highest BCUT2D eigenvalue weighted by atomic mass is 127. The molecule has 0 atom stereocenters. The van der Waals surface area contributed by atoms with Crippen LogP contribution in [-0.2, 0) is 4.74 Å². The Hall–Kier alpha value is -0.0400. The van der Waals surface area contributed by atoms with Gasteiger partial charge in [-0.05, 0) is 26.2 Å². The topological polar surface area (TPSA) is 36.9 Å². The number of ether oxygens (including phenoxy) is 1. The number of hydrogen-bond donors (Lipinski definition) is 1. The molecule has 0 spiro atoms. The molecule has 0 aromatic rings. The van der Waals surface area contributed by atoms with Crippen molar-refractivity contribution in [2.75, 3.05) is 33.3 Å². The predicted molar refractivity (Wildman–Crippen MR) is 97.1 cm³/mol. The lowest BCUT2D eigenvalue weighted by molar-refractivity contribution is 0.0264. The Labute approximate surface area is 141 Å². The molecule has 0 saturated carbocycles. The van der Waals surface area contributed by atoms with E-state index in [9.17, 15) is 0 Å². The minimum atomic E-state index is 0. The number of nitrogens with one attached hydrogen (secondary N) is 1. The van der Waals surface area contributed by atoms with Crippen LogP contribution in [0, 0.1) is 0 Å². The molecule has 0 aromatic carbocycles. The Morgan fingerprint density at radius 2 is 1.90 bits per heavy atom. The van der Waals surface area contributed by atoms with Crippen LogP contribution in [0.15, 0.2) is 4.99 Å². The third kappa shape index (κ3) is 7.67. The quantitative estimate of drug-likeness (QED) is 0.310. The summed E-state index contributed by atoms with van der Waals surface area (Å²) in [5, 5.41) is 3.48. The van der Waals surface area contributed by atoms with Crippen LogP contribution in [0.3, 0.4) is 0 Å². The maximum Gasteiger partial charge on any atom is 0.193 e. The Balaban J connectivity index is 0.00000361. The molecule has 1 rings (SSSR count). The second-order valence-corrected chi connectivity index (χ2v) is 5.18. The Morgan fingerprint density at radius 3 is 2.45 bits per heavy atom. The van der Waals surface area contributed by atoms with Crippen LogP contribution in [0.2, 0.25) is 0 Å². The van der Waals surface area contributed by atoms with Gasteiger partial charge in [0.05, 0.1) is 6.10 Å². The van der Waals surface area contributed by atoms with Crippen molar-refractivity contribution >= 4 is 29.9 Å². The molecule has 20 heavy (non-hydrogen) atoms. The molecular formula is C15H32IN3O. The summed E-state index contributed by atoms with van der Waals surface area (Å²) in [6, 6.07) is 0. The second-order valence-electron chi connectivity index (χ2n) is 5.18. The van der Waals surface area contributed by atoms with Gasteiger partial charge in [-0.1, -0.05) is 26.2 Å². The van der Waals surface area contributed by atoms with Gasteiger partial charge in [0.1, 0.15) is 0 Å². The van der Waals surface area contributed by atoms with E-state index in [4.69, 9.17) is 4.74 Å². The minimum absolute atomic E-state index is 0. The summed E-state index contributed by atoms with van der Waals surface area (Å²) < 4.78 is 5.68. The molecule has 0 amide bonds. The number of unbranched alkanes of at least 4 members (excludes halogenated alkanes) is 3. The fraction of sp³-hybridized carbons (Fsp3) is 0.933. The van der Waals surface area contributed by atoms with Crippen LogP contribution < -0.4 is 5.32 Å². The van der Waals surface area contributed by atoms with Gasteiger partial charge in [-0.3, -0.25) is 4.99 Å². The average molecular weight is 397 g/mol. The first kappa shape index (κ1) is 20.0. The van der Waals surface area contributed by atoms with Crippen LogP contribution in [0.4, 0.5) is 0 Å². The lowest BCUT2D eigenvalue weighted by Crippen LogP contribution is -2.47. The molecule has 120 valence electrons. The molecule has 0 unspecified atom stereocenters. The number of nitrogens with zero attached hydrogens (tertiary/aromatic N) is 2. The SMILES string of the molecule is CCCCCCNC(=NC)N1CCC(OCC)CC1.I. The largest absolute Gasteiger partial charge is 0.378 e. The van der Waals surface area contributed by atoms with Crippen molar-refractivity contribution in [3.05, 3.63) is 0 Å². The average Bonchev–Trinajstić information content (AvgIpc) is 2.44. The summed E-state index contributed by atoms with van der Waals surface area (Å²) in [5.74, 6) is 1.06. The van der Waals surface area contributed by atoms with Crippen LogP contribution in [0.25, 0.3) is 0 Å². The molecule has 1 fully saturated rings. The third-order valence-electron chi connectivity index (χ3n) is 3.67. The lowest BCUT2D eigenvalue weighted by atomic mass is 10.1. The van der Waals surface area contributed by atoms with Gasteiger partial charge in [0.25, 0.3) is 0 Å². The lowest BCUT2D eigenvalue weighted by Gasteiger charge is -2.34. The number of rotatable bonds is 7. The summed E-state index contributed by atoms with van der Waals surface area (Å²) >= 11 is 0. The number of likely N-dealkylation sites (tertiary alicyclic amines) is 1. The highest BCUT2D eigenvalue weighted by Crippen LogP contribution is 2.13. The normalized spacial score (nSPS) is 16.9. The van der Waals surface area contributed by atoms with Crippen molar-refractivity contribution < 1.29 is 4.74 Å². The third-order valence-corrected chi connectivity index (χ3v) is 3.67. The van der Waals surface area contributed by atoms with Crippen molar-refractivity contribution in [3.63, 3.8) is 0 Å². The maximum atomic E-state index is 5.68. The van der Waals surface area contributed by atoms with Crippen LogP contribution in [-0.4, -0.2) is 50.3 Å². The molecule has 1 aliphatic heterocycles. The molecular weight excluding hydrogens is 365 g/mol. The number of halogens is 1. The van der Waals surface area contributed by atoms with Gasteiger partial charge in [-0.25, -0.2) is 0 Å². The molecule has 1 saturated heterocycles. The Bertz CT molecular complexity index is 254. The minimum Gasteiger partial charge on any atom is -0.378 e. The molecule has 4 nitrogen and oxygen atoms in total. The molecule has 1 N–H and O–H groups in total. The van der Waals surface area contributed by atoms with E-state index in [1.165, 1.54) is 25.7 Å². The molecule has 0 aromatic heterocycles. The van der Waals surface area contributed by atoms with Gasteiger partial charge in [0.15, 0.2) is 5.96 Å². The van der Waals surface area contributed by atoms with E-state index in [0.29, 0.717) is 6.10 Å². The number of guanidine groups is 1. The molecule has 5 heteroatoms. The number of hydrogen-bond acceptors (Lipinski definition) is 2. The molecule has 1 heterocycles. The van der Waals surface area contributed by atoms with Gasteiger partial charge >= 0.3 is 0 Å². The first-order valence-electron chi connectivity index (χ1n) is 7.89. The van der Waals surface area contributed by atoms with Crippen molar-refractivity contribution in [2.24, 2.45) is 4.99 Å². The van der Waals surface area contributed by atoms with E-state index < -0.39 is 0 Å². The van der Waals surface area contributed by atoms with Crippen LogP contribution in [0.5, 0.6) is 0 Å². The van der Waals surface area contributed by atoms with Crippen molar-refractivity contribution in [1.82, 2.24) is 10.2 Å². The van der Waals surface area contributed by atoms with Gasteiger partial charge in [0, 0.05) is 33.3 Å². The highest BCUT2D eigenvalue weighted by Gasteiger charge is 2.21. The van der Waals surface area contributed by atoms with Gasteiger partial charge < -0.3 is 15.0 Å². The molecule has 0 radical (unpaired) electrons. The summed E-state index contributed by atoms with van der Waals surface area (Å²) in [5.41, 5.74) is 0. The van der Waals surface area contributed by atoms with Crippen molar-refractivity contribution in [2.45, 2.75) is 58.5 Å². The Kier molecular flexibility index (Phi) is 12.7. The summed E-state index contributed by atoms with van der Waals surface area (Å²) in [6.45, 7) is 8.30. The van der Waals surface area contributed by atoms with Crippen molar-refractivity contribution in [3.8, 4) is 0 Å². The summed E-state index contributed by atoms with van der Waals surface area (Å²) in [7, 11) is 1.88. The number of aliphatic imine (C=N–C) groups is 1. The van der Waals surface area contributed by atoms with E-state index in [-0.39, 0.29) is 24.0 Å². The summed E-state index contributed by atoms with van der Waals surface area (Å²) in [4.78, 5) is 6.75. The predicted octanol–water partition coefficient (Wildman–Crippen LogP) is 3.26. The molecule has 0 aliphatic carbocycles. The van der Waals surface area contributed by atoms with Crippen molar-refractivity contribution in [1.29, 1.82) is 0 Å². The van der Waals surface area contributed by atoms with E-state index in [1.54, 1.807) is 0 Å². The fourth-order valence-electron chi connectivity index (χ4n) is 2.55. The fourth-order valence-corrected chi connectivity index (χ4v) is 2.55. The zero-order valence-corrected chi connectivity index (χ0v) is 15.7. The van der Waals surface area contributed by atoms with E-state index in [0.717, 1.165) is 45.0 Å². The van der Waals surface area contributed by atoms with Gasteiger partial charge in [0.2, 0.25) is 0 Å². The standard InChI is InChI=1S/C15H31N3O.HI/c1-4-6-7-8-11-17-15(16-3)18-12-9-14(10-13-18)19-5-2;/h14H,4-13H2,1-3H3,(H,16,17);1H. The van der Waals surface area contributed by atoms with Gasteiger partial charge in [-0.2, -0.15) is 0 Å². The Morgan fingerprint density at radius 1 is 1.20 bits per heavy atom. The van der Waals surface area contributed by atoms with Gasteiger partial charge in [-0.15, -0.1) is 24.0 Å². The van der Waals surface area contributed by atoms with Crippen LogP contribution >= 0.6 is 24.0 Å². The van der Waals surface area contributed by atoms with E-state index in [2.05, 4.69) is 29.1 Å². The first-order chi connectivity index (χ1) is 9.31.